The van der Waals surface area contributed by atoms with Crippen molar-refractivity contribution < 1.29 is 32.9 Å². The Bertz CT molecular complexity index is 1040. The number of hydrogen-bond donors (Lipinski definition) is 2. The second-order valence-corrected chi connectivity index (χ2v) is 23.1. The summed E-state index contributed by atoms with van der Waals surface area (Å²) in [5.74, 6) is -0.157. The van der Waals surface area contributed by atoms with Crippen molar-refractivity contribution in [2.24, 2.45) is 0 Å². The highest BCUT2D eigenvalue weighted by Gasteiger charge is 2.24. The summed E-state index contributed by atoms with van der Waals surface area (Å²) in [6, 6.07) is -0.794. The van der Waals surface area contributed by atoms with Crippen molar-refractivity contribution in [1.29, 1.82) is 0 Å². The summed E-state index contributed by atoms with van der Waals surface area (Å²) < 4.78 is 23.4. The molecule has 0 spiro atoms. The summed E-state index contributed by atoms with van der Waals surface area (Å²) >= 11 is 0. The maximum Gasteiger partial charge on any atom is 0.268 e. The van der Waals surface area contributed by atoms with E-state index in [2.05, 4.69) is 19.2 Å². The average molecular weight is 958 g/mol. The predicted octanol–water partition coefficient (Wildman–Crippen LogP) is 17.0. The number of amides is 1. The summed E-state index contributed by atoms with van der Waals surface area (Å²) in [4.78, 5) is 25.5. The molecule has 0 aliphatic heterocycles. The van der Waals surface area contributed by atoms with Gasteiger partial charge in [-0.2, -0.15) is 0 Å². The Labute approximate surface area is 412 Å². The molecule has 0 heterocycles. The summed E-state index contributed by atoms with van der Waals surface area (Å²) in [6.45, 7) is 4.77. The minimum Gasteiger partial charge on any atom is -0.756 e. The van der Waals surface area contributed by atoms with Gasteiger partial charge in [0.25, 0.3) is 7.82 Å². The Hall–Kier alpha value is -0.500. The molecule has 0 saturated heterocycles. The molecule has 1 amide bonds. The van der Waals surface area contributed by atoms with Crippen molar-refractivity contribution >= 4 is 13.7 Å². The van der Waals surface area contributed by atoms with Crippen LogP contribution in [-0.4, -0.2) is 68.5 Å². The van der Waals surface area contributed by atoms with Gasteiger partial charge in [0.15, 0.2) is 0 Å². The van der Waals surface area contributed by atoms with Crippen LogP contribution in [0.2, 0.25) is 0 Å². The number of carbonyl (C=O) groups is 1. The molecular weight excluding hydrogens is 840 g/mol. The number of nitrogens with one attached hydrogen (secondary N) is 1. The lowest BCUT2D eigenvalue weighted by Gasteiger charge is -2.30. The second kappa shape index (κ2) is 49.5. The topological polar surface area (TPSA) is 108 Å². The van der Waals surface area contributed by atoms with Gasteiger partial charge in [-0.1, -0.05) is 290 Å². The standard InChI is InChI=1S/C57H117N2O6P/c1-6-8-10-12-14-16-18-20-22-23-24-25-26-27-28-29-30-31-32-33-34-35-36-37-39-41-43-45-47-49-51-57(61)58-55(54-65-66(62,63)64-53-52-59(3,4)5)56(60)50-48-46-44-42-40-38-21-19-17-15-13-11-9-7-2/h55-56,60H,6-54H2,1-5H3,(H-,58,61,62,63)/t55-,56+/m0/s1. The highest BCUT2D eigenvalue weighted by molar-refractivity contribution is 7.45. The first-order chi connectivity index (χ1) is 32.0. The second-order valence-electron chi connectivity index (χ2n) is 21.7. The molecule has 396 valence electrons. The van der Waals surface area contributed by atoms with E-state index < -0.39 is 20.0 Å². The smallest absolute Gasteiger partial charge is 0.268 e. The molecule has 9 heteroatoms. The molecule has 0 bridgehead atoms. The largest absolute Gasteiger partial charge is 0.756 e. The zero-order chi connectivity index (χ0) is 48.5. The molecule has 0 aromatic carbocycles. The van der Waals surface area contributed by atoms with Crippen LogP contribution in [0.25, 0.3) is 0 Å². The van der Waals surface area contributed by atoms with Crippen molar-refractivity contribution in [2.75, 3.05) is 40.9 Å². The number of carbonyl (C=O) groups excluding carboxylic acids is 1. The van der Waals surface area contributed by atoms with E-state index in [-0.39, 0.29) is 19.1 Å². The van der Waals surface area contributed by atoms with Crippen LogP contribution in [0.3, 0.4) is 0 Å². The number of phosphoric ester groups is 1. The normalized spacial score (nSPS) is 13.9. The van der Waals surface area contributed by atoms with Crippen molar-refractivity contribution in [3.8, 4) is 0 Å². The predicted molar refractivity (Wildman–Crippen MR) is 284 cm³/mol. The first-order valence-electron chi connectivity index (χ1n) is 29.4. The van der Waals surface area contributed by atoms with Gasteiger partial charge in [-0.25, -0.2) is 0 Å². The van der Waals surface area contributed by atoms with Crippen LogP contribution in [0.15, 0.2) is 0 Å². The Morgan fingerprint density at radius 2 is 0.742 bits per heavy atom. The van der Waals surface area contributed by atoms with Gasteiger partial charge < -0.3 is 28.8 Å². The lowest BCUT2D eigenvalue weighted by atomic mass is 10.0. The van der Waals surface area contributed by atoms with Crippen LogP contribution in [0, 0.1) is 0 Å². The molecule has 8 nitrogen and oxygen atoms in total. The molecule has 0 saturated carbocycles. The van der Waals surface area contributed by atoms with Crippen molar-refractivity contribution in [3.05, 3.63) is 0 Å². The monoisotopic (exact) mass is 957 g/mol. The summed E-state index contributed by atoms with van der Waals surface area (Å²) in [5, 5.41) is 14.0. The molecule has 0 aromatic heterocycles. The number of unbranched alkanes of at least 4 members (excludes halogenated alkanes) is 42. The number of phosphoric acid groups is 1. The molecule has 0 fully saturated rings. The SMILES string of the molecule is CCCCCCCCCCCCCCCCCCCCCCCCCCCCCCCCC(=O)N[C@@H](COP(=O)([O-])OCC[N+](C)(C)C)[C@H](O)CCCCCCCCCCCCCCCC. The Kier molecular flexibility index (Phi) is 49.1. The molecule has 2 N–H and O–H groups in total. The molecule has 0 radical (unpaired) electrons. The van der Waals surface area contributed by atoms with Crippen LogP contribution in [0.4, 0.5) is 0 Å². The number of rotatable bonds is 55. The van der Waals surface area contributed by atoms with E-state index in [1.54, 1.807) is 0 Å². The van der Waals surface area contributed by atoms with Crippen molar-refractivity contribution in [2.45, 2.75) is 321 Å². The van der Waals surface area contributed by atoms with E-state index >= 15 is 0 Å². The zero-order valence-electron chi connectivity index (χ0n) is 45.2. The molecular formula is C57H117N2O6P. The third-order valence-electron chi connectivity index (χ3n) is 13.8. The van der Waals surface area contributed by atoms with Gasteiger partial charge >= 0.3 is 0 Å². The molecule has 66 heavy (non-hydrogen) atoms. The van der Waals surface area contributed by atoms with E-state index in [9.17, 15) is 19.4 Å². The average Bonchev–Trinajstić information content (AvgIpc) is 3.28. The van der Waals surface area contributed by atoms with Gasteiger partial charge in [-0.3, -0.25) is 9.36 Å². The van der Waals surface area contributed by atoms with Gasteiger partial charge in [0.1, 0.15) is 13.2 Å². The lowest BCUT2D eigenvalue weighted by Crippen LogP contribution is -2.46. The maximum absolute atomic E-state index is 13.0. The summed E-state index contributed by atoms with van der Waals surface area (Å²) in [6.07, 6.45) is 58.6. The minimum absolute atomic E-state index is 0.0165. The fourth-order valence-corrected chi connectivity index (χ4v) is 9.94. The maximum atomic E-state index is 13.0. The number of aliphatic hydroxyl groups is 1. The Balaban J connectivity index is 3.98. The molecule has 0 aromatic rings. The Morgan fingerprint density at radius 3 is 1.03 bits per heavy atom. The highest BCUT2D eigenvalue weighted by Crippen LogP contribution is 2.38. The van der Waals surface area contributed by atoms with Gasteiger partial charge in [-0.05, 0) is 12.8 Å². The van der Waals surface area contributed by atoms with Crippen LogP contribution in [0.1, 0.15) is 309 Å². The quantitative estimate of drug-likeness (QED) is 0.0357. The zero-order valence-corrected chi connectivity index (χ0v) is 46.1. The Morgan fingerprint density at radius 1 is 0.470 bits per heavy atom. The number of likely N-dealkylation sites (N-methyl/N-ethyl adjacent to an activating group) is 1. The summed E-state index contributed by atoms with van der Waals surface area (Å²) in [5.41, 5.74) is 0. The third-order valence-corrected chi connectivity index (χ3v) is 14.8. The van der Waals surface area contributed by atoms with Gasteiger partial charge in [-0.15, -0.1) is 0 Å². The van der Waals surface area contributed by atoms with E-state index in [0.717, 1.165) is 38.5 Å². The van der Waals surface area contributed by atoms with E-state index in [1.807, 2.05) is 21.1 Å². The van der Waals surface area contributed by atoms with Crippen molar-refractivity contribution in [1.82, 2.24) is 5.32 Å². The van der Waals surface area contributed by atoms with E-state index in [4.69, 9.17) is 9.05 Å². The molecule has 0 rings (SSSR count). The number of hydrogen-bond acceptors (Lipinski definition) is 6. The van der Waals surface area contributed by atoms with Gasteiger partial charge in [0, 0.05) is 6.42 Å². The fourth-order valence-electron chi connectivity index (χ4n) is 9.22. The number of quaternary nitrogens is 1. The summed E-state index contributed by atoms with van der Waals surface area (Å²) in [7, 11) is 1.32. The fraction of sp³-hybridized carbons (Fsp3) is 0.982. The minimum atomic E-state index is -4.56. The van der Waals surface area contributed by atoms with Crippen molar-refractivity contribution in [3.63, 3.8) is 0 Å². The molecule has 0 aliphatic rings. The lowest BCUT2D eigenvalue weighted by molar-refractivity contribution is -0.870. The highest BCUT2D eigenvalue weighted by atomic mass is 31.2. The number of nitrogens with zero attached hydrogens (tertiary/aromatic N) is 1. The van der Waals surface area contributed by atoms with E-state index in [1.165, 1.54) is 244 Å². The van der Waals surface area contributed by atoms with Gasteiger partial charge in [0.05, 0.1) is 39.9 Å². The van der Waals surface area contributed by atoms with Crippen LogP contribution >= 0.6 is 7.82 Å². The first kappa shape index (κ1) is 65.5. The number of aliphatic hydroxyl groups excluding tert-OH is 1. The molecule has 1 unspecified atom stereocenters. The van der Waals surface area contributed by atoms with Crippen LogP contribution in [-0.2, 0) is 18.4 Å². The third kappa shape index (κ3) is 51.4. The van der Waals surface area contributed by atoms with E-state index in [0.29, 0.717) is 23.9 Å². The first-order valence-corrected chi connectivity index (χ1v) is 30.8. The molecule has 0 aliphatic carbocycles. The molecule has 3 atom stereocenters. The van der Waals surface area contributed by atoms with Crippen LogP contribution < -0.4 is 10.2 Å². The van der Waals surface area contributed by atoms with Gasteiger partial charge in [0.2, 0.25) is 5.91 Å². The van der Waals surface area contributed by atoms with Crippen LogP contribution in [0.5, 0.6) is 0 Å².